The van der Waals surface area contributed by atoms with Gasteiger partial charge in [0.15, 0.2) is 5.17 Å². The van der Waals surface area contributed by atoms with Crippen molar-refractivity contribution in [1.82, 2.24) is 5.32 Å². The molecule has 2 aliphatic rings. The second kappa shape index (κ2) is 4.77. The summed E-state index contributed by atoms with van der Waals surface area (Å²) in [6, 6.07) is 0.630. The van der Waals surface area contributed by atoms with E-state index in [0.717, 1.165) is 18.4 Å². The third-order valence-corrected chi connectivity index (χ3v) is 4.51. The molecular formula is C12H22N2S. The second-order valence-corrected chi connectivity index (χ2v) is 6.28. The van der Waals surface area contributed by atoms with Crippen LogP contribution in [-0.4, -0.2) is 23.5 Å². The minimum absolute atomic E-state index is 0.630. The van der Waals surface area contributed by atoms with Gasteiger partial charge in [0.2, 0.25) is 0 Å². The van der Waals surface area contributed by atoms with Gasteiger partial charge in [0, 0.05) is 18.3 Å². The minimum Gasteiger partial charge on any atom is -0.361 e. The normalized spacial score (nSPS) is 30.9. The Kier molecular flexibility index (Phi) is 3.60. The largest absolute Gasteiger partial charge is 0.361 e. The number of aliphatic imine (C=N–C) groups is 1. The van der Waals surface area contributed by atoms with Crippen LogP contribution >= 0.6 is 11.8 Å². The number of hydrogen-bond donors (Lipinski definition) is 1. The van der Waals surface area contributed by atoms with Gasteiger partial charge in [-0.25, -0.2) is 0 Å². The maximum atomic E-state index is 4.69. The lowest BCUT2D eigenvalue weighted by molar-refractivity contribution is 0.498. The topological polar surface area (TPSA) is 24.4 Å². The van der Waals surface area contributed by atoms with Gasteiger partial charge in [-0.1, -0.05) is 32.5 Å². The van der Waals surface area contributed by atoms with E-state index in [1.807, 2.05) is 11.8 Å². The molecule has 86 valence electrons. The van der Waals surface area contributed by atoms with Crippen molar-refractivity contribution >= 4 is 16.9 Å². The van der Waals surface area contributed by atoms with Crippen LogP contribution in [0.15, 0.2) is 4.99 Å². The molecule has 0 amide bonds. The molecule has 0 aromatic rings. The van der Waals surface area contributed by atoms with Crippen LogP contribution in [-0.2, 0) is 0 Å². The van der Waals surface area contributed by atoms with Crippen molar-refractivity contribution < 1.29 is 0 Å². The molecule has 2 fully saturated rings. The predicted molar refractivity (Wildman–Crippen MR) is 68.4 cm³/mol. The van der Waals surface area contributed by atoms with Gasteiger partial charge in [-0.2, -0.15) is 0 Å². The van der Waals surface area contributed by atoms with Crippen LogP contribution in [0.2, 0.25) is 0 Å². The molecule has 0 aromatic heterocycles. The van der Waals surface area contributed by atoms with Gasteiger partial charge in [0.05, 0.1) is 0 Å². The lowest BCUT2D eigenvalue weighted by Crippen LogP contribution is -2.31. The molecule has 0 radical (unpaired) electrons. The summed E-state index contributed by atoms with van der Waals surface area (Å²) in [5.74, 6) is 3.67. The molecule has 0 aromatic carbocycles. The summed E-state index contributed by atoms with van der Waals surface area (Å²) in [5, 5.41) is 4.70. The number of rotatable bonds is 4. The Morgan fingerprint density at radius 1 is 1.40 bits per heavy atom. The molecular weight excluding hydrogens is 204 g/mol. The zero-order valence-corrected chi connectivity index (χ0v) is 10.8. The van der Waals surface area contributed by atoms with Crippen molar-refractivity contribution in [3.8, 4) is 0 Å². The van der Waals surface area contributed by atoms with Crippen molar-refractivity contribution in [3.05, 3.63) is 0 Å². The average Bonchev–Trinajstić information content (AvgIpc) is 2.93. The zero-order chi connectivity index (χ0) is 10.8. The first kappa shape index (κ1) is 11.3. The molecule has 1 saturated heterocycles. The van der Waals surface area contributed by atoms with E-state index in [0.29, 0.717) is 12.0 Å². The second-order valence-electron chi connectivity index (χ2n) is 5.27. The molecule has 1 N–H and O–H groups in total. The van der Waals surface area contributed by atoms with Gasteiger partial charge in [-0.3, -0.25) is 4.99 Å². The van der Waals surface area contributed by atoms with Gasteiger partial charge in [-0.05, 0) is 30.6 Å². The van der Waals surface area contributed by atoms with Gasteiger partial charge in [0.1, 0.15) is 0 Å². The fourth-order valence-corrected chi connectivity index (χ4v) is 3.11. The summed E-state index contributed by atoms with van der Waals surface area (Å²) >= 11 is 1.89. The van der Waals surface area contributed by atoms with Crippen molar-refractivity contribution in [2.45, 2.75) is 39.7 Å². The Balaban J connectivity index is 1.76. The Labute approximate surface area is 97.3 Å². The highest BCUT2D eigenvalue weighted by Crippen LogP contribution is 2.36. The van der Waals surface area contributed by atoms with Crippen molar-refractivity contribution in [1.29, 1.82) is 0 Å². The summed E-state index contributed by atoms with van der Waals surface area (Å²) in [6.45, 7) is 7.90. The first-order chi connectivity index (χ1) is 7.16. The summed E-state index contributed by atoms with van der Waals surface area (Å²) in [6.07, 6.45) is 2.86. The van der Waals surface area contributed by atoms with Crippen LogP contribution in [0.4, 0.5) is 0 Å². The van der Waals surface area contributed by atoms with Gasteiger partial charge in [0.25, 0.3) is 0 Å². The summed E-state index contributed by atoms with van der Waals surface area (Å²) in [7, 11) is 0. The molecule has 0 spiro atoms. The summed E-state index contributed by atoms with van der Waals surface area (Å²) < 4.78 is 0. The van der Waals surface area contributed by atoms with E-state index in [1.54, 1.807) is 0 Å². The number of nitrogens with one attached hydrogen (secondary N) is 1. The number of thioether (sulfide) groups is 1. The third-order valence-electron chi connectivity index (χ3n) is 3.46. The van der Waals surface area contributed by atoms with E-state index in [-0.39, 0.29) is 0 Å². The standard InChI is InChI=1S/C12H22N2S/c1-8(2)11-7-15-12(14-11)13-6-9(3)10-4-5-10/h8-11H,4-7H2,1-3H3,(H,13,14). The van der Waals surface area contributed by atoms with Gasteiger partial charge >= 0.3 is 0 Å². The monoisotopic (exact) mass is 226 g/mol. The fraction of sp³-hybridized carbons (Fsp3) is 0.917. The van der Waals surface area contributed by atoms with Gasteiger partial charge < -0.3 is 5.32 Å². The Morgan fingerprint density at radius 2 is 2.13 bits per heavy atom. The average molecular weight is 226 g/mol. The van der Waals surface area contributed by atoms with Crippen molar-refractivity contribution in [2.75, 3.05) is 12.3 Å². The van der Waals surface area contributed by atoms with Gasteiger partial charge in [-0.15, -0.1) is 0 Å². The number of hydrogen-bond acceptors (Lipinski definition) is 2. The highest BCUT2D eigenvalue weighted by atomic mass is 32.2. The van der Waals surface area contributed by atoms with E-state index in [4.69, 9.17) is 0 Å². The van der Waals surface area contributed by atoms with E-state index in [2.05, 4.69) is 31.1 Å². The minimum atomic E-state index is 0.630. The predicted octanol–water partition coefficient (Wildman–Crippen LogP) is 2.75. The molecule has 1 aliphatic carbocycles. The highest BCUT2D eigenvalue weighted by Gasteiger charge is 2.28. The van der Waals surface area contributed by atoms with Crippen molar-refractivity contribution in [2.24, 2.45) is 22.7 Å². The SMILES string of the molecule is CC(C)C1CSC(=NCC(C)C2CC2)N1. The van der Waals surface area contributed by atoms with Crippen LogP contribution in [0.25, 0.3) is 0 Å². The smallest absolute Gasteiger partial charge is 0.156 e. The maximum Gasteiger partial charge on any atom is 0.156 e. The quantitative estimate of drug-likeness (QED) is 0.797. The number of amidine groups is 1. The van der Waals surface area contributed by atoms with E-state index >= 15 is 0 Å². The Bertz CT molecular complexity index is 246. The lowest BCUT2D eigenvalue weighted by atomic mass is 10.1. The Morgan fingerprint density at radius 3 is 2.67 bits per heavy atom. The van der Waals surface area contributed by atoms with E-state index < -0.39 is 0 Å². The maximum absolute atomic E-state index is 4.69. The molecule has 1 heterocycles. The highest BCUT2D eigenvalue weighted by molar-refractivity contribution is 8.14. The Hall–Kier alpha value is -0.180. The van der Waals surface area contributed by atoms with E-state index in [9.17, 15) is 0 Å². The molecule has 0 bridgehead atoms. The van der Waals surface area contributed by atoms with Crippen LogP contribution in [0.1, 0.15) is 33.6 Å². The van der Waals surface area contributed by atoms with Crippen LogP contribution in [0, 0.1) is 17.8 Å². The van der Waals surface area contributed by atoms with Crippen LogP contribution in [0.5, 0.6) is 0 Å². The molecule has 3 heteroatoms. The molecule has 2 nitrogen and oxygen atoms in total. The lowest BCUT2D eigenvalue weighted by Gasteiger charge is -2.13. The van der Waals surface area contributed by atoms with Crippen LogP contribution in [0.3, 0.4) is 0 Å². The summed E-state index contributed by atoms with van der Waals surface area (Å²) in [4.78, 5) is 4.69. The molecule has 2 unspecified atom stereocenters. The van der Waals surface area contributed by atoms with Crippen molar-refractivity contribution in [3.63, 3.8) is 0 Å². The molecule has 1 aliphatic heterocycles. The zero-order valence-electron chi connectivity index (χ0n) is 9.99. The first-order valence-electron chi connectivity index (χ1n) is 6.10. The molecule has 15 heavy (non-hydrogen) atoms. The third kappa shape index (κ3) is 3.13. The van der Waals surface area contributed by atoms with Crippen LogP contribution < -0.4 is 5.32 Å². The molecule has 1 saturated carbocycles. The fourth-order valence-electron chi connectivity index (χ4n) is 1.90. The summed E-state index contributed by atoms with van der Waals surface area (Å²) in [5.41, 5.74) is 0. The molecule has 2 rings (SSSR count). The number of nitrogens with zero attached hydrogens (tertiary/aromatic N) is 1. The first-order valence-corrected chi connectivity index (χ1v) is 7.09. The van der Waals surface area contributed by atoms with E-state index in [1.165, 1.54) is 23.8 Å². The molecule has 2 atom stereocenters.